The third-order valence-electron chi connectivity index (χ3n) is 11.0. The molecule has 5 aliphatic heterocycles. The lowest BCUT2D eigenvalue weighted by Gasteiger charge is -2.48. The quantitative estimate of drug-likeness (QED) is 0.232. The van der Waals surface area contributed by atoms with Crippen LogP contribution in [0, 0.1) is 23.7 Å². The average Bonchev–Trinajstić information content (AvgIpc) is 3.51. The van der Waals surface area contributed by atoms with Crippen LogP contribution in [0.15, 0.2) is 0 Å². The fraction of sp³-hybridized carbons (Fsp3) is 0.882. The Bertz CT molecular complexity index is 1190. The van der Waals surface area contributed by atoms with Gasteiger partial charge in [-0.15, -0.1) is 0 Å². The topological polar surface area (TPSA) is 145 Å². The van der Waals surface area contributed by atoms with E-state index in [1.807, 2.05) is 27.7 Å². The molecule has 0 aromatic heterocycles. The summed E-state index contributed by atoms with van der Waals surface area (Å²) in [5.74, 6) is -4.06. The summed E-state index contributed by atoms with van der Waals surface area (Å²) in [6.07, 6.45) is -4.16. The maximum absolute atomic E-state index is 14.1. The molecule has 0 saturated carbocycles. The van der Waals surface area contributed by atoms with E-state index >= 15 is 0 Å². The molecule has 5 heterocycles. The monoisotopic (exact) mass is 667 g/mol. The lowest BCUT2D eigenvalue weighted by atomic mass is 9.76. The van der Waals surface area contributed by atoms with Crippen molar-refractivity contribution in [3.8, 4) is 0 Å². The standard InChI is InChI=1S/C34H53NO12/c1-10-24-34(9,47-32(39)43-24)29-21(6)26-17(2)16-33(8,46-26)28(19(4)25(37)20(5)30(38)44-29)45-31-27(42-22(7)36)23(15-18(3)41-31)35-11-13-40-14-12-35/h17-21,23-24,26-29,31H,10-16H2,1-9H3/t17?,18?,19-,20+,21-,23?,24+,26?,27?,28+,29+,31-,33?,34+/m0/s1. The fourth-order valence-electron chi connectivity index (χ4n) is 8.73. The molecule has 6 unspecified atom stereocenters. The number of carbonyl (C=O) groups is 4. The number of nitrogens with zero attached hydrogens (tertiary/aromatic N) is 1. The number of carbonyl (C=O) groups excluding carboxylic acids is 4. The van der Waals surface area contributed by atoms with Gasteiger partial charge in [0.1, 0.15) is 18.1 Å². The minimum atomic E-state index is -1.29. The van der Waals surface area contributed by atoms with Crippen molar-refractivity contribution in [2.75, 3.05) is 26.3 Å². The predicted octanol–water partition coefficient (Wildman–Crippen LogP) is 3.43. The van der Waals surface area contributed by atoms with Gasteiger partial charge in [0.05, 0.1) is 43.2 Å². The minimum absolute atomic E-state index is 0.0558. The number of hydrogen-bond donors (Lipinski definition) is 0. The Labute approximate surface area is 277 Å². The molecule has 5 rings (SSSR count). The molecule has 2 bridgehead atoms. The summed E-state index contributed by atoms with van der Waals surface area (Å²) >= 11 is 0. The van der Waals surface area contributed by atoms with Crippen LogP contribution in [0.1, 0.15) is 81.6 Å². The third kappa shape index (κ3) is 6.92. The zero-order valence-corrected chi connectivity index (χ0v) is 29.2. The van der Waals surface area contributed by atoms with Crippen LogP contribution in [-0.2, 0) is 52.3 Å². The predicted molar refractivity (Wildman–Crippen MR) is 165 cm³/mol. The highest BCUT2D eigenvalue weighted by atomic mass is 16.8. The van der Waals surface area contributed by atoms with E-state index in [2.05, 4.69) is 11.8 Å². The van der Waals surface area contributed by atoms with Crippen molar-refractivity contribution >= 4 is 23.9 Å². The number of ether oxygens (including phenoxy) is 8. The molecule has 13 heteroatoms. The van der Waals surface area contributed by atoms with Gasteiger partial charge in [0.15, 0.2) is 23.8 Å². The maximum atomic E-state index is 14.1. The normalized spacial score (nSPS) is 46.6. The van der Waals surface area contributed by atoms with Crippen LogP contribution in [0.25, 0.3) is 0 Å². The number of hydrogen-bond acceptors (Lipinski definition) is 13. The van der Waals surface area contributed by atoms with Crippen LogP contribution < -0.4 is 0 Å². The van der Waals surface area contributed by atoms with E-state index in [0.29, 0.717) is 45.6 Å². The van der Waals surface area contributed by atoms with Crippen molar-refractivity contribution in [3.05, 3.63) is 0 Å². The third-order valence-corrected chi connectivity index (χ3v) is 11.0. The van der Waals surface area contributed by atoms with Gasteiger partial charge in [0.25, 0.3) is 0 Å². The lowest BCUT2D eigenvalue weighted by Crippen LogP contribution is -2.61. The first-order valence-electron chi connectivity index (χ1n) is 17.2. The van der Waals surface area contributed by atoms with Crippen molar-refractivity contribution in [3.63, 3.8) is 0 Å². The zero-order chi connectivity index (χ0) is 34.4. The number of cyclic esters (lactones) is 3. The molecule has 0 spiro atoms. The van der Waals surface area contributed by atoms with E-state index < -0.39 is 83.9 Å². The first-order valence-corrected chi connectivity index (χ1v) is 17.2. The Kier molecular flexibility index (Phi) is 10.6. The summed E-state index contributed by atoms with van der Waals surface area (Å²) < 4.78 is 48.9. The molecular formula is C34H53NO12. The second-order valence-electron chi connectivity index (χ2n) is 14.7. The van der Waals surface area contributed by atoms with Crippen LogP contribution >= 0.6 is 0 Å². The largest absolute Gasteiger partial charge is 0.509 e. The Hall–Kier alpha value is -2.32. The number of Topliss-reactive ketones (excluding diaryl/α,β-unsaturated/α-hetero) is 1. The summed E-state index contributed by atoms with van der Waals surface area (Å²) in [6.45, 7) is 18.5. The minimum Gasteiger partial charge on any atom is -0.457 e. The van der Waals surface area contributed by atoms with Crippen LogP contribution in [0.2, 0.25) is 0 Å². The number of fused-ring (bicyclic) bond motifs is 2. The summed E-state index contributed by atoms with van der Waals surface area (Å²) in [5.41, 5.74) is -2.29. The molecule has 13 nitrogen and oxygen atoms in total. The Morgan fingerprint density at radius 1 is 1.02 bits per heavy atom. The number of ketones is 1. The smallest absolute Gasteiger partial charge is 0.457 e. The van der Waals surface area contributed by atoms with Gasteiger partial charge in [0.2, 0.25) is 0 Å². The van der Waals surface area contributed by atoms with Crippen molar-refractivity contribution in [2.45, 2.75) is 142 Å². The van der Waals surface area contributed by atoms with Crippen LogP contribution in [0.3, 0.4) is 0 Å². The molecule has 0 aliphatic carbocycles. The summed E-state index contributed by atoms with van der Waals surface area (Å²) in [5, 5.41) is 0. The maximum Gasteiger partial charge on any atom is 0.509 e. The first kappa shape index (κ1) is 36.0. The molecule has 0 aromatic rings. The summed E-state index contributed by atoms with van der Waals surface area (Å²) in [4.78, 5) is 54.9. The highest BCUT2D eigenvalue weighted by Crippen LogP contribution is 2.48. The van der Waals surface area contributed by atoms with E-state index in [1.165, 1.54) is 13.8 Å². The van der Waals surface area contributed by atoms with Crippen molar-refractivity contribution in [2.24, 2.45) is 23.7 Å². The molecule has 0 aromatic carbocycles. The molecule has 0 amide bonds. The fourth-order valence-corrected chi connectivity index (χ4v) is 8.73. The number of esters is 2. The lowest BCUT2D eigenvalue weighted by molar-refractivity contribution is -0.300. The second kappa shape index (κ2) is 13.9. The van der Waals surface area contributed by atoms with Gasteiger partial charge >= 0.3 is 18.1 Å². The van der Waals surface area contributed by atoms with Gasteiger partial charge in [-0.2, -0.15) is 0 Å². The molecule has 47 heavy (non-hydrogen) atoms. The van der Waals surface area contributed by atoms with Crippen molar-refractivity contribution in [1.82, 2.24) is 4.90 Å². The van der Waals surface area contributed by atoms with Gasteiger partial charge in [0, 0.05) is 31.8 Å². The Morgan fingerprint density at radius 2 is 1.70 bits per heavy atom. The second-order valence-corrected chi connectivity index (χ2v) is 14.7. The molecule has 266 valence electrons. The number of rotatable bonds is 6. The Balaban J connectivity index is 1.51. The van der Waals surface area contributed by atoms with Gasteiger partial charge in [-0.3, -0.25) is 19.3 Å². The van der Waals surface area contributed by atoms with Gasteiger partial charge < -0.3 is 37.9 Å². The molecule has 5 saturated heterocycles. The summed E-state index contributed by atoms with van der Waals surface area (Å²) in [7, 11) is 0. The van der Waals surface area contributed by atoms with E-state index in [-0.39, 0.29) is 23.8 Å². The molecule has 0 radical (unpaired) electrons. The van der Waals surface area contributed by atoms with Crippen LogP contribution in [-0.4, -0.2) is 115 Å². The van der Waals surface area contributed by atoms with E-state index in [1.54, 1.807) is 13.8 Å². The Morgan fingerprint density at radius 3 is 2.34 bits per heavy atom. The van der Waals surface area contributed by atoms with Gasteiger partial charge in [-0.1, -0.05) is 27.7 Å². The summed E-state index contributed by atoms with van der Waals surface area (Å²) in [6, 6.07) is -0.187. The van der Waals surface area contributed by atoms with E-state index in [4.69, 9.17) is 37.9 Å². The van der Waals surface area contributed by atoms with Crippen molar-refractivity contribution in [1.29, 1.82) is 0 Å². The first-order chi connectivity index (χ1) is 22.1. The van der Waals surface area contributed by atoms with Crippen LogP contribution in [0.4, 0.5) is 4.79 Å². The number of morpholine rings is 1. The average molecular weight is 668 g/mol. The molecule has 0 N–H and O–H groups in total. The van der Waals surface area contributed by atoms with E-state index in [0.717, 1.165) is 0 Å². The molecule has 5 aliphatic rings. The van der Waals surface area contributed by atoms with Gasteiger partial charge in [-0.05, 0) is 52.9 Å². The van der Waals surface area contributed by atoms with Crippen LogP contribution in [0.5, 0.6) is 0 Å². The molecule has 5 fully saturated rings. The molecular weight excluding hydrogens is 614 g/mol. The van der Waals surface area contributed by atoms with Crippen molar-refractivity contribution < 1.29 is 57.1 Å². The highest BCUT2D eigenvalue weighted by molar-refractivity contribution is 6.00. The van der Waals surface area contributed by atoms with Gasteiger partial charge in [-0.25, -0.2) is 4.79 Å². The SMILES string of the molecule is CC[C@H]1OC(=O)O[C@@]1(C)[C@@H]1OC(=O)[C@H](C)C(=O)[C@H](C)[C@@H](O[C@@H]2OC(C)CC(N3CCOCC3)C2OC(C)=O)C2(C)CC(C)C(O2)[C@@H]1C. The van der Waals surface area contributed by atoms with E-state index in [9.17, 15) is 19.2 Å². The highest BCUT2D eigenvalue weighted by Gasteiger charge is 2.61. The molecule has 14 atom stereocenters. The zero-order valence-electron chi connectivity index (χ0n) is 29.2.